The third kappa shape index (κ3) is 6.99. The van der Waals surface area contributed by atoms with Crippen LogP contribution in [0.5, 0.6) is 0 Å². The van der Waals surface area contributed by atoms with Crippen LogP contribution in [0, 0.1) is 5.92 Å². The molecule has 3 amide bonds. The van der Waals surface area contributed by atoms with Crippen LogP contribution in [0.4, 0.5) is 0 Å². The molecule has 11 nitrogen and oxygen atoms in total. The van der Waals surface area contributed by atoms with Crippen molar-refractivity contribution in [2.24, 2.45) is 13.0 Å². The molecule has 2 aromatic rings. The molecule has 0 radical (unpaired) electrons. The van der Waals surface area contributed by atoms with Gasteiger partial charge in [0.15, 0.2) is 5.69 Å². The van der Waals surface area contributed by atoms with Crippen molar-refractivity contribution >= 4 is 17.7 Å². The first-order chi connectivity index (χ1) is 18.3. The molecule has 2 aromatic heterocycles. The van der Waals surface area contributed by atoms with Gasteiger partial charge in [0.2, 0.25) is 11.8 Å². The zero-order chi connectivity index (χ0) is 27.1. The Balaban J connectivity index is 1.48. The van der Waals surface area contributed by atoms with E-state index < -0.39 is 0 Å². The van der Waals surface area contributed by atoms with Gasteiger partial charge in [-0.15, -0.1) is 0 Å². The van der Waals surface area contributed by atoms with E-state index in [1.165, 1.54) is 6.33 Å². The van der Waals surface area contributed by atoms with Gasteiger partial charge in [0.1, 0.15) is 12.7 Å². The normalized spacial score (nSPS) is 19.3. The summed E-state index contributed by atoms with van der Waals surface area (Å²) in [5.41, 5.74) is 2.54. The maximum Gasteiger partial charge on any atom is 0.272 e. The molecule has 4 rings (SSSR count). The number of fused-ring (bicyclic) bond motifs is 1. The number of hydrogen-bond donors (Lipinski definition) is 1. The Hall–Kier alpha value is -3.24. The molecule has 1 atom stereocenters. The molecule has 0 spiro atoms. The molecule has 1 aliphatic heterocycles. The van der Waals surface area contributed by atoms with Crippen molar-refractivity contribution in [1.29, 1.82) is 0 Å². The quantitative estimate of drug-likeness (QED) is 0.589. The Labute approximate surface area is 224 Å². The van der Waals surface area contributed by atoms with E-state index in [4.69, 9.17) is 0 Å². The van der Waals surface area contributed by atoms with Crippen molar-refractivity contribution in [3.63, 3.8) is 0 Å². The Morgan fingerprint density at radius 3 is 2.74 bits per heavy atom. The Morgan fingerprint density at radius 2 is 1.97 bits per heavy atom. The standard InChI is InChI=1S/C27H42N8O3/c1-20(2)11-16-35-21-9-10-23-22(17-21)26(31-32(23)3)27(38)29-12-6-14-33(13-4-8-25(35)37)24(36)7-5-15-34-19-28-18-30-34/h18-21H,4-17H2,1-3H3,(H,29,38). The van der Waals surface area contributed by atoms with Crippen molar-refractivity contribution in [3.8, 4) is 0 Å². The molecule has 1 N–H and O–H groups in total. The average Bonchev–Trinajstić information content (AvgIpc) is 3.52. The molecule has 208 valence electrons. The third-order valence-corrected chi connectivity index (χ3v) is 7.66. The van der Waals surface area contributed by atoms with E-state index >= 15 is 0 Å². The van der Waals surface area contributed by atoms with E-state index in [-0.39, 0.29) is 23.8 Å². The molecule has 0 saturated carbocycles. The summed E-state index contributed by atoms with van der Waals surface area (Å²) in [7, 11) is 1.89. The van der Waals surface area contributed by atoms with Crippen LogP contribution in [0.2, 0.25) is 0 Å². The van der Waals surface area contributed by atoms with Gasteiger partial charge in [0.25, 0.3) is 5.91 Å². The second-order valence-electron chi connectivity index (χ2n) is 10.9. The minimum absolute atomic E-state index is 0.0594. The van der Waals surface area contributed by atoms with Crippen molar-refractivity contribution in [2.75, 3.05) is 26.2 Å². The lowest BCUT2D eigenvalue weighted by molar-refractivity contribution is -0.135. The van der Waals surface area contributed by atoms with Crippen LogP contribution in [-0.2, 0) is 36.0 Å². The molecule has 0 fully saturated rings. The van der Waals surface area contributed by atoms with E-state index in [9.17, 15) is 14.4 Å². The Bertz CT molecular complexity index is 1090. The molecule has 38 heavy (non-hydrogen) atoms. The Morgan fingerprint density at radius 1 is 1.16 bits per heavy atom. The van der Waals surface area contributed by atoms with Gasteiger partial charge in [0.05, 0.1) is 0 Å². The fourth-order valence-electron chi connectivity index (χ4n) is 5.51. The van der Waals surface area contributed by atoms with Crippen LogP contribution in [0.15, 0.2) is 12.7 Å². The van der Waals surface area contributed by atoms with Gasteiger partial charge in [-0.25, -0.2) is 4.98 Å². The molecule has 2 aliphatic rings. The van der Waals surface area contributed by atoms with Gasteiger partial charge < -0.3 is 15.1 Å². The molecule has 2 bridgehead atoms. The molecule has 1 unspecified atom stereocenters. The van der Waals surface area contributed by atoms with Crippen LogP contribution in [-0.4, -0.2) is 84.3 Å². The minimum Gasteiger partial charge on any atom is -0.351 e. The van der Waals surface area contributed by atoms with Crippen LogP contribution in [0.3, 0.4) is 0 Å². The molecule has 1 aliphatic carbocycles. The van der Waals surface area contributed by atoms with Crippen LogP contribution < -0.4 is 5.32 Å². The summed E-state index contributed by atoms with van der Waals surface area (Å²) in [4.78, 5) is 47.5. The Kier molecular flexibility index (Phi) is 9.52. The maximum absolute atomic E-state index is 13.5. The predicted molar refractivity (Wildman–Crippen MR) is 142 cm³/mol. The lowest BCUT2D eigenvalue weighted by Crippen LogP contribution is -2.45. The van der Waals surface area contributed by atoms with Gasteiger partial charge in [-0.05, 0) is 50.9 Å². The van der Waals surface area contributed by atoms with E-state index in [0.29, 0.717) is 82.9 Å². The van der Waals surface area contributed by atoms with E-state index in [0.717, 1.165) is 30.5 Å². The van der Waals surface area contributed by atoms with E-state index in [2.05, 4.69) is 34.3 Å². The van der Waals surface area contributed by atoms with Crippen molar-refractivity contribution < 1.29 is 14.4 Å². The number of amides is 3. The molecule has 3 heterocycles. The smallest absolute Gasteiger partial charge is 0.272 e. The number of nitrogens with zero attached hydrogens (tertiary/aromatic N) is 7. The van der Waals surface area contributed by atoms with Crippen LogP contribution in [0.1, 0.15) is 80.5 Å². The van der Waals surface area contributed by atoms with Crippen molar-refractivity contribution in [3.05, 3.63) is 29.6 Å². The molecule has 0 saturated heterocycles. The number of nitrogens with one attached hydrogen (secondary N) is 1. The van der Waals surface area contributed by atoms with E-state index in [1.54, 1.807) is 11.0 Å². The SMILES string of the molecule is CC(C)CCN1C(=O)CCCN(C(=O)CCCn2cncn2)CCCNC(=O)c2nn(C)c3c2CC1CC3. The lowest BCUT2D eigenvalue weighted by Gasteiger charge is -2.35. The second-order valence-corrected chi connectivity index (χ2v) is 10.9. The van der Waals surface area contributed by atoms with Gasteiger partial charge in [0, 0.05) is 69.9 Å². The molecular weight excluding hydrogens is 484 g/mol. The highest BCUT2D eigenvalue weighted by Gasteiger charge is 2.33. The summed E-state index contributed by atoms with van der Waals surface area (Å²) in [5, 5.41) is 11.7. The highest BCUT2D eigenvalue weighted by atomic mass is 16.2. The van der Waals surface area contributed by atoms with Crippen molar-refractivity contribution in [2.45, 2.75) is 84.2 Å². The van der Waals surface area contributed by atoms with Gasteiger partial charge in [-0.2, -0.15) is 10.2 Å². The zero-order valence-electron chi connectivity index (χ0n) is 23.1. The summed E-state index contributed by atoms with van der Waals surface area (Å²) in [6, 6.07) is 0.0594. The number of aromatic nitrogens is 5. The van der Waals surface area contributed by atoms with Crippen LogP contribution >= 0.6 is 0 Å². The highest BCUT2D eigenvalue weighted by Crippen LogP contribution is 2.28. The maximum atomic E-state index is 13.5. The van der Waals surface area contributed by atoms with Gasteiger partial charge >= 0.3 is 0 Å². The summed E-state index contributed by atoms with van der Waals surface area (Å²) >= 11 is 0. The first-order valence-corrected chi connectivity index (χ1v) is 14.1. The summed E-state index contributed by atoms with van der Waals surface area (Å²) < 4.78 is 3.54. The van der Waals surface area contributed by atoms with E-state index in [1.807, 2.05) is 21.5 Å². The fourth-order valence-corrected chi connectivity index (χ4v) is 5.51. The van der Waals surface area contributed by atoms with Crippen molar-refractivity contribution in [1.82, 2.24) is 39.7 Å². The second kappa shape index (κ2) is 13.0. The number of carbonyl (C=O) groups is 3. The minimum atomic E-state index is -0.178. The van der Waals surface area contributed by atoms with Crippen LogP contribution in [0.25, 0.3) is 0 Å². The number of aryl methyl sites for hydroxylation is 2. The number of rotatable bonds is 7. The summed E-state index contributed by atoms with van der Waals surface area (Å²) in [6.07, 6.45) is 9.18. The summed E-state index contributed by atoms with van der Waals surface area (Å²) in [5.74, 6) is 0.520. The number of carbonyl (C=O) groups excluding carboxylic acids is 3. The third-order valence-electron chi connectivity index (χ3n) is 7.66. The lowest BCUT2D eigenvalue weighted by atomic mass is 9.89. The molecule has 0 aromatic carbocycles. The topological polar surface area (TPSA) is 118 Å². The monoisotopic (exact) mass is 526 g/mol. The largest absolute Gasteiger partial charge is 0.351 e. The predicted octanol–water partition coefficient (Wildman–Crippen LogP) is 1.97. The zero-order valence-corrected chi connectivity index (χ0v) is 23.1. The molecular formula is C27H42N8O3. The van der Waals surface area contributed by atoms with Gasteiger partial charge in [-0.3, -0.25) is 23.7 Å². The van der Waals surface area contributed by atoms with Gasteiger partial charge in [-0.1, -0.05) is 13.8 Å². The molecule has 11 heteroatoms. The first kappa shape index (κ1) is 27.8. The highest BCUT2D eigenvalue weighted by molar-refractivity contribution is 5.94. The fraction of sp³-hybridized carbons (Fsp3) is 0.704. The number of hydrogen-bond acceptors (Lipinski definition) is 6. The summed E-state index contributed by atoms with van der Waals surface area (Å²) in [6.45, 7) is 7.24. The first-order valence-electron chi connectivity index (χ1n) is 14.1. The average molecular weight is 527 g/mol.